The van der Waals surface area contributed by atoms with E-state index in [-0.39, 0.29) is 0 Å². The normalized spacial score (nSPS) is 10.8. The van der Waals surface area contributed by atoms with E-state index in [0.717, 1.165) is 45.1 Å². The molecule has 0 aromatic heterocycles. The molecule has 18 heavy (non-hydrogen) atoms. The van der Waals surface area contributed by atoms with Crippen molar-refractivity contribution in [2.24, 2.45) is 0 Å². The van der Waals surface area contributed by atoms with Crippen LogP contribution in [-0.2, 0) is 14.3 Å². The second-order valence-corrected chi connectivity index (χ2v) is 4.83. The van der Waals surface area contributed by atoms with Crippen molar-refractivity contribution in [2.75, 3.05) is 20.5 Å². The van der Waals surface area contributed by atoms with Crippen molar-refractivity contribution in [3.05, 3.63) is 0 Å². The predicted molar refractivity (Wildman–Crippen MR) is 74.7 cm³/mol. The second-order valence-electron chi connectivity index (χ2n) is 4.83. The van der Waals surface area contributed by atoms with Crippen LogP contribution in [0, 0.1) is 0 Å². The number of hydrogen-bond donors (Lipinski definition) is 0. The summed E-state index contributed by atoms with van der Waals surface area (Å²) in [5, 5.41) is 0. The zero-order valence-corrected chi connectivity index (χ0v) is 12.2. The number of methoxy groups -OCH3 is 1. The molecule has 0 aliphatic heterocycles. The topological polar surface area (TPSA) is 35.5 Å². The smallest absolute Gasteiger partial charge is 0.146 e. The number of hydrogen-bond acceptors (Lipinski definition) is 3. The maximum Gasteiger partial charge on any atom is 0.146 e. The van der Waals surface area contributed by atoms with E-state index in [4.69, 9.17) is 9.47 Å². The van der Waals surface area contributed by atoms with Crippen LogP contribution in [0.4, 0.5) is 0 Å². The first kappa shape index (κ1) is 17.6. The molecule has 108 valence electrons. The first-order valence-electron chi connectivity index (χ1n) is 7.39. The van der Waals surface area contributed by atoms with Gasteiger partial charge in [0.05, 0.1) is 0 Å². The van der Waals surface area contributed by atoms with E-state index in [1.165, 1.54) is 25.7 Å². The van der Waals surface area contributed by atoms with E-state index < -0.39 is 0 Å². The Morgan fingerprint density at radius 3 is 2.17 bits per heavy atom. The molecule has 0 bridgehead atoms. The lowest BCUT2D eigenvalue weighted by molar-refractivity contribution is -0.119. The number of carbonyl (C=O) groups is 1. The van der Waals surface area contributed by atoms with E-state index >= 15 is 0 Å². The van der Waals surface area contributed by atoms with Crippen LogP contribution in [-0.4, -0.2) is 26.3 Å². The molecular formula is C15H30O3. The Morgan fingerprint density at radius 2 is 1.50 bits per heavy atom. The highest BCUT2D eigenvalue weighted by Crippen LogP contribution is 2.09. The van der Waals surface area contributed by atoms with Crippen molar-refractivity contribution >= 4 is 5.78 Å². The highest BCUT2D eigenvalue weighted by Gasteiger charge is 2.00. The molecule has 3 nitrogen and oxygen atoms in total. The summed E-state index contributed by atoms with van der Waals surface area (Å²) >= 11 is 0. The van der Waals surface area contributed by atoms with Gasteiger partial charge in [-0.15, -0.1) is 0 Å². The van der Waals surface area contributed by atoms with Gasteiger partial charge in [0.2, 0.25) is 0 Å². The Morgan fingerprint density at radius 1 is 0.889 bits per heavy atom. The van der Waals surface area contributed by atoms with Crippen molar-refractivity contribution in [1.29, 1.82) is 0 Å². The van der Waals surface area contributed by atoms with Crippen LogP contribution < -0.4 is 0 Å². The Kier molecular flexibility index (Phi) is 14.3. The van der Waals surface area contributed by atoms with Crippen molar-refractivity contribution in [3.63, 3.8) is 0 Å². The van der Waals surface area contributed by atoms with Gasteiger partial charge in [-0.1, -0.05) is 39.0 Å². The van der Waals surface area contributed by atoms with Gasteiger partial charge in [0.1, 0.15) is 12.6 Å². The van der Waals surface area contributed by atoms with Gasteiger partial charge >= 0.3 is 0 Å². The number of rotatable bonds is 14. The summed E-state index contributed by atoms with van der Waals surface area (Å²) in [6.45, 7) is 3.33. The molecule has 0 N–H and O–H groups in total. The molecule has 0 saturated carbocycles. The molecular weight excluding hydrogens is 228 g/mol. The molecule has 0 amide bonds. The molecule has 0 heterocycles. The van der Waals surface area contributed by atoms with E-state index in [2.05, 4.69) is 6.92 Å². The van der Waals surface area contributed by atoms with Crippen LogP contribution in [0.25, 0.3) is 0 Å². The van der Waals surface area contributed by atoms with Crippen LogP contribution in [0.1, 0.15) is 71.1 Å². The zero-order chi connectivity index (χ0) is 13.5. The summed E-state index contributed by atoms with van der Waals surface area (Å²) in [6, 6.07) is 0. The van der Waals surface area contributed by atoms with E-state index in [0.29, 0.717) is 12.6 Å². The molecule has 3 heteroatoms. The molecule has 0 aromatic rings. The fourth-order valence-corrected chi connectivity index (χ4v) is 1.87. The van der Waals surface area contributed by atoms with Gasteiger partial charge in [-0.3, -0.25) is 4.79 Å². The quantitative estimate of drug-likeness (QED) is 0.347. The highest BCUT2D eigenvalue weighted by atomic mass is 16.7. The average molecular weight is 258 g/mol. The van der Waals surface area contributed by atoms with Crippen LogP contribution in [0.5, 0.6) is 0 Å². The maximum atomic E-state index is 11.4. The van der Waals surface area contributed by atoms with Crippen molar-refractivity contribution < 1.29 is 14.3 Å². The first-order chi connectivity index (χ1) is 8.81. The number of ether oxygens (including phenoxy) is 2. The number of Topliss-reactive ketones (excluding diaryl/α,β-unsaturated/α-hetero) is 1. The Labute approximate surface area is 112 Å². The van der Waals surface area contributed by atoms with Crippen molar-refractivity contribution in [2.45, 2.75) is 71.1 Å². The standard InChI is InChI=1S/C15H30O3/c1-3-4-11-15(16)12-9-7-5-6-8-10-13-18-14-17-2/h3-14H2,1-2H3. The summed E-state index contributed by atoms with van der Waals surface area (Å²) in [5.74, 6) is 0.449. The second kappa shape index (κ2) is 14.7. The molecule has 0 radical (unpaired) electrons. The molecule has 0 spiro atoms. The maximum absolute atomic E-state index is 11.4. The van der Waals surface area contributed by atoms with Gasteiger partial charge in [-0.2, -0.15) is 0 Å². The molecule has 0 aliphatic carbocycles. The summed E-state index contributed by atoms with van der Waals surface area (Å²) in [6.07, 6.45) is 10.8. The lowest BCUT2D eigenvalue weighted by atomic mass is 10.1. The van der Waals surface area contributed by atoms with Crippen LogP contribution in [0.15, 0.2) is 0 Å². The van der Waals surface area contributed by atoms with Gasteiger partial charge in [-0.25, -0.2) is 0 Å². The molecule has 0 unspecified atom stereocenters. The molecule has 0 rings (SSSR count). The van der Waals surface area contributed by atoms with Crippen molar-refractivity contribution in [1.82, 2.24) is 0 Å². The number of carbonyl (C=O) groups excluding carboxylic acids is 1. The number of ketones is 1. The fraction of sp³-hybridized carbons (Fsp3) is 0.933. The van der Waals surface area contributed by atoms with Gasteiger partial charge in [0.25, 0.3) is 0 Å². The third-order valence-corrected chi connectivity index (χ3v) is 3.00. The molecule has 0 aliphatic rings. The number of unbranched alkanes of at least 4 members (excludes halogenated alkanes) is 6. The first-order valence-corrected chi connectivity index (χ1v) is 7.39. The SMILES string of the molecule is CCCCC(=O)CCCCCCCCOCOC. The lowest BCUT2D eigenvalue weighted by Gasteiger charge is -2.03. The minimum Gasteiger partial charge on any atom is -0.359 e. The molecule has 0 fully saturated rings. The molecule has 0 atom stereocenters. The average Bonchev–Trinajstić information content (AvgIpc) is 2.38. The largest absolute Gasteiger partial charge is 0.359 e. The van der Waals surface area contributed by atoms with Gasteiger partial charge in [0, 0.05) is 26.6 Å². The summed E-state index contributed by atoms with van der Waals surface area (Å²) in [4.78, 5) is 11.4. The minimum absolute atomic E-state index is 0.403. The van der Waals surface area contributed by atoms with E-state index in [1.54, 1.807) is 7.11 Å². The van der Waals surface area contributed by atoms with E-state index in [9.17, 15) is 4.79 Å². The van der Waals surface area contributed by atoms with Gasteiger partial charge < -0.3 is 9.47 Å². The van der Waals surface area contributed by atoms with E-state index in [1.807, 2.05) is 0 Å². The van der Waals surface area contributed by atoms with Crippen LogP contribution in [0.3, 0.4) is 0 Å². The third-order valence-electron chi connectivity index (χ3n) is 3.00. The monoisotopic (exact) mass is 258 g/mol. The predicted octanol–water partition coefficient (Wildman–Crippen LogP) is 4.10. The third kappa shape index (κ3) is 13.7. The molecule has 0 saturated heterocycles. The van der Waals surface area contributed by atoms with Crippen LogP contribution >= 0.6 is 0 Å². The lowest BCUT2D eigenvalue weighted by Crippen LogP contribution is -1.98. The summed E-state index contributed by atoms with van der Waals surface area (Å²) in [7, 11) is 1.64. The zero-order valence-electron chi connectivity index (χ0n) is 12.2. The summed E-state index contributed by atoms with van der Waals surface area (Å²) in [5.41, 5.74) is 0. The fourth-order valence-electron chi connectivity index (χ4n) is 1.87. The summed E-state index contributed by atoms with van der Waals surface area (Å²) < 4.78 is 10.0. The van der Waals surface area contributed by atoms with Gasteiger partial charge in [-0.05, 0) is 19.3 Å². The molecule has 0 aromatic carbocycles. The Hall–Kier alpha value is -0.410. The minimum atomic E-state index is 0.403. The highest BCUT2D eigenvalue weighted by molar-refractivity contribution is 5.78. The van der Waals surface area contributed by atoms with Crippen LogP contribution in [0.2, 0.25) is 0 Å². The Balaban J connectivity index is 3.04. The van der Waals surface area contributed by atoms with Gasteiger partial charge in [0.15, 0.2) is 0 Å². The Bertz CT molecular complexity index is 181. The van der Waals surface area contributed by atoms with Crippen molar-refractivity contribution in [3.8, 4) is 0 Å².